The molecular formula is C29H27NO. The molecule has 0 fully saturated rings. The van der Waals surface area contributed by atoms with Gasteiger partial charge in [-0.15, -0.1) is 0 Å². The van der Waals surface area contributed by atoms with Gasteiger partial charge in [0.25, 0.3) is 0 Å². The summed E-state index contributed by atoms with van der Waals surface area (Å²) in [5, 5.41) is 3.81. The molecule has 3 aromatic carbocycles. The maximum atomic E-state index is 6.21. The maximum absolute atomic E-state index is 6.21. The van der Waals surface area contributed by atoms with Crippen molar-refractivity contribution < 1.29 is 4.42 Å². The van der Waals surface area contributed by atoms with Gasteiger partial charge in [-0.1, -0.05) is 49.7 Å². The molecule has 0 bridgehead atoms. The van der Waals surface area contributed by atoms with Crippen LogP contribution in [0.25, 0.3) is 44.3 Å². The summed E-state index contributed by atoms with van der Waals surface area (Å²) in [7, 11) is 0. The van der Waals surface area contributed by atoms with Gasteiger partial charge in [0.1, 0.15) is 11.3 Å². The second-order valence-electron chi connectivity index (χ2n) is 8.88. The third kappa shape index (κ3) is 3.33. The molecule has 0 N–H and O–H groups in total. The summed E-state index contributed by atoms with van der Waals surface area (Å²) in [6.45, 7) is 11.0. The highest BCUT2D eigenvalue weighted by atomic mass is 16.3. The fourth-order valence-electron chi connectivity index (χ4n) is 4.74. The number of nitrogens with zero attached hydrogens (tertiary/aromatic N) is 1. The highest BCUT2D eigenvalue weighted by Crippen LogP contribution is 2.37. The Kier molecular flexibility index (Phi) is 4.66. The van der Waals surface area contributed by atoms with Gasteiger partial charge in [-0.3, -0.25) is 4.98 Å². The van der Waals surface area contributed by atoms with E-state index in [1.165, 1.54) is 33.0 Å². The number of para-hydroxylation sites is 1. The minimum Gasteiger partial charge on any atom is -0.456 e. The van der Waals surface area contributed by atoms with Crippen LogP contribution >= 0.6 is 0 Å². The monoisotopic (exact) mass is 405 g/mol. The summed E-state index contributed by atoms with van der Waals surface area (Å²) in [6, 6.07) is 21.5. The van der Waals surface area contributed by atoms with Gasteiger partial charge < -0.3 is 4.42 Å². The fourth-order valence-corrected chi connectivity index (χ4v) is 4.74. The SMILES string of the molecule is Cc1cc(C)c2c(C(C)C)cc(-c3cc(-c4oc5ccccc5c4C)ccn3)cc2c1. The number of benzene rings is 3. The van der Waals surface area contributed by atoms with Crippen molar-refractivity contribution in [3.8, 4) is 22.6 Å². The average molecular weight is 406 g/mol. The van der Waals surface area contributed by atoms with Crippen molar-refractivity contribution >= 4 is 21.7 Å². The molecule has 0 aliphatic carbocycles. The van der Waals surface area contributed by atoms with E-state index in [9.17, 15) is 0 Å². The number of aromatic nitrogens is 1. The zero-order chi connectivity index (χ0) is 21.7. The Morgan fingerprint density at radius 3 is 2.42 bits per heavy atom. The van der Waals surface area contributed by atoms with E-state index in [1.54, 1.807) is 0 Å². The predicted molar refractivity (Wildman–Crippen MR) is 131 cm³/mol. The lowest BCUT2D eigenvalue weighted by Crippen LogP contribution is -1.95. The minimum absolute atomic E-state index is 0.435. The Balaban J connectivity index is 1.70. The van der Waals surface area contributed by atoms with Gasteiger partial charge in [0, 0.05) is 28.3 Å². The third-order valence-electron chi connectivity index (χ3n) is 6.20. The summed E-state index contributed by atoms with van der Waals surface area (Å²) >= 11 is 0. The Labute approximate surface area is 183 Å². The van der Waals surface area contributed by atoms with Crippen molar-refractivity contribution in [2.45, 2.75) is 40.5 Å². The van der Waals surface area contributed by atoms with Crippen LogP contribution in [-0.2, 0) is 0 Å². The molecule has 0 saturated heterocycles. The number of rotatable bonds is 3. The van der Waals surface area contributed by atoms with Crippen LogP contribution in [-0.4, -0.2) is 4.98 Å². The second kappa shape index (κ2) is 7.39. The molecule has 0 aliphatic heterocycles. The summed E-state index contributed by atoms with van der Waals surface area (Å²) < 4.78 is 6.21. The van der Waals surface area contributed by atoms with Crippen molar-refractivity contribution in [1.29, 1.82) is 0 Å². The lowest BCUT2D eigenvalue weighted by atomic mass is 9.89. The predicted octanol–water partition coefficient (Wildman–Crippen LogP) is 8.36. The molecule has 31 heavy (non-hydrogen) atoms. The fraction of sp³-hybridized carbons (Fsp3) is 0.207. The van der Waals surface area contributed by atoms with Gasteiger partial charge in [0.15, 0.2) is 0 Å². The first-order valence-electron chi connectivity index (χ1n) is 10.9. The first kappa shape index (κ1) is 19.6. The number of hydrogen-bond acceptors (Lipinski definition) is 2. The van der Waals surface area contributed by atoms with E-state index >= 15 is 0 Å². The van der Waals surface area contributed by atoms with Crippen molar-refractivity contribution in [1.82, 2.24) is 4.98 Å². The number of aryl methyl sites for hydroxylation is 3. The summed E-state index contributed by atoms with van der Waals surface area (Å²) in [4.78, 5) is 4.73. The Morgan fingerprint density at radius 2 is 1.65 bits per heavy atom. The summed E-state index contributed by atoms with van der Waals surface area (Å²) in [5.41, 5.74) is 9.27. The number of furan rings is 1. The highest BCUT2D eigenvalue weighted by molar-refractivity contribution is 5.94. The largest absolute Gasteiger partial charge is 0.456 e. The summed E-state index contributed by atoms with van der Waals surface area (Å²) in [5.74, 6) is 1.35. The quantitative estimate of drug-likeness (QED) is 0.301. The van der Waals surface area contributed by atoms with Crippen LogP contribution in [0.5, 0.6) is 0 Å². The topological polar surface area (TPSA) is 26.0 Å². The smallest absolute Gasteiger partial charge is 0.138 e. The van der Waals surface area contributed by atoms with E-state index in [2.05, 4.69) is 77.1 Å². The molecule has 154 valence electrons. The molecule has 0 saturated carbocycles. The standard InChI is InChI=1S/C29H27NO/c1-17(2)25-15-22(14-23-13-18(3)12-19(4)28(23)25)26-16-21(10-11-30-26)29-20(5)24-8-6-7-9-27(24)31-29/h6-17H,1-5H3. The molecule has 0 atom stereocenters. The molecule has 2 aromatic heterocycles. The zero-order valence-corrected chi connectivity index (χ0v) is 18.8. The first-order chi connectivity index (χ1) is 14.9. The average Bonchev–Trinajstić information content (AvgIpc) is 3.09. The number of hydrogen-bond donors (Lipinski definition) is 0. The van der Waals surface area contributed by atoms with Crippen LogP contribution in [0.1, 0.15) is 42.0 Å². The van der Waals surface area contributed by atoms with E-state index in [4.69, 9.17) is 9.40 Å². The molecule has 2 heterocycles. The lowest BCUT2D eigenvalue weighted by Gasteiger charge is -2.16. The maximum Gasteiger partial charge on any atom is 0.138 e. The van der Waals surface area contributed by atoms with Crippen LogP contribution in [0.3, 0.4) is 0 Å². The molecule has 0 amide bonds. The number of pyridine rings is 1. The molecule has 5 rings (SSSR count). The van der Waals surface area contributed by atoms with Crippen molar-refractivity contribution in [3.05, 3.63) is 89.1 Å². The van der Waals surface area contributed by atoms with Crippen molar-refractivity contribution in [2.24, 2.45) is 0 Å². The van der Waals surface area contributed by atoms with Gasteiger partial charge in [0.05, 0.1) is 5.69 Å². The molecule has 2 heteroatoms. The highest BCUT2D eigenvalue weighted by Gasteiger charge is 2.15. The molecule has 0 unspecified atom stereocenters. The molecule has 0 aliphatic rings. The Hall–Kier alpha value is -3.39. The number of fused-ring (bicyclic) bond motifs is 2. The summed E-state index contributed by atoms with van der Waals surface area (Å²) in [6.07, 6.45) is 1.89. The Morgan fingerprint density at radius 1 is 0.839 bits per heavy atom. The van der Waals surface area contributed by atoms with Crippen LogP contribution < -0.4 is 0 Å². The van der Waals surface area contributed by atoms with Crippen molar-refractivity contribution in [3.63, 3.8) is 0 Å². The van der Waals surface area contributed by atoms with Gasteiger partial charge in [0.2, 0.25) is 0 Å². The van der Waals surface area contributed by atoms with Crippen molar-refractivity contribution in [2.75, 3.05) is 0 Å². The van der Waals surface area contributed by atoms with E-state index in [-0.39, 0.29) is 0 Å². The minimum atomic E-state index is 0.435. The van der Waals surface area contributed by atoms with Gasteiger partial charge in [-0.25, -0.2) is 0 Å². The molecule has 0 radical (unpaired) electrons. The van der Waals surface area contributed by atoms with E-state index in [0.717, 1.165) is 33.6 Å². The second-order valence-corrected chi connectivity index (χ2v) is 8.88. The molecule has 2 nitrogen and oxygen atoms in total. The normalized spacial score (nSPS) is 11.7. The zero-order valence-electron chi connectivity index (χ0n) is 18.8. The van der Waals surface area contributed by atoms with Crippen LogP contribution in [0.4, 0.5) is 0 Å². The van der Waals surface area contributed by atoms with Crippen LogP contribution in [0, 0.1) is 20.8 Å². The lowest BCUT2D eigenvalue weighted by molar-refractivity contribution is 0.629. The van der Waals surface area contributed by atoms with Crippen LogP contribution in [0.2, 0.25) is 0 Å². The van der Waals surface area contributed by atoms with Gasteiger partial charge in [-0.05, 0) is 78.9 Å². The first-order valence-corrected chi connectivity index (χ1v) is 10.9. The van der Waals surface area contributed by atoms with E-state index in [1.807, 2.05) is 24.4 Å². The van der Waals surface area contributed by atoms with E-state index in [0.29, 0.717) is 5.92 Å². The Bertz CT molecular complexity index is 1440. The van der Waals surface area contributed by atoms with Crippen LogP contribution in [0.15, 0.2) is 71.3 Å². The molecular weight excluding hydrogens is 378 g/mol. The molecule has 0 spiro atoms. The molecule has 5 aromatic rings. The van der Waals surface area contributed by atoms with Gasteiger partial charge in [-0.2, -0.15) is 0 Å². The van der Waals surface area contributed by atoms with Gasteiger partial charge >= 0.3 is 0 Å². The third-order valence-corrected chi connectivity index (χ3v) is 6.20. The van der Waals surface area contributed by atoms with E-state index < -0.39 is 0 Å².